The number of para-hydroxylation sites is 1. The van der Waals surface area contributed by atoms with Crippen molar-refractivity contribution in [1.82, 2.24) is 4.57 Å². The zero-order valence-corrected chi connectivity index (χ0v) is 20.8. The molecule has 0 aliphatic heterocycles. The second-order valence-corrected chi connectivity index (χ2v) is 9.66. The third kappa shape index (κ3) is 3.74. The molecule has 5 rings (SSSR count). The first-order valence-electron chi connectivity index (χ1n) is 11.8. The lowest BCUT2D eigenvalue weighted by atomic mass is 10.00. The smallest absolute Gasteiger partial charge is 0.0541 e. The second-order valence-electron chi connectivity index (χ2n) is 8.56. The van der Waals surface area contributed by atoms with Crippen LogP contribution in [-0.2, 0) is 6.42 Å². The molecule has 0 spiro atoms. The molecule has 2 heterocycles. The number of aryl methyl sites for hydroxylation is 1. The third-order valence-electron chi connectivity index (χ3n) is 6.37. The fraction of sp³-hybridized carbons (Fsp3) is 0.125. The highest BCUT2D eigenvalue weighted by Crippen LogP contribution is 2.41. The molecular weight excluding hydrogens is 430 g/mol. The highest BCUT2D eigenvalue weighted by Gasteiger charge is 2.15. The van der Waals surface area contributed by atoms with Crippen LogP contribution in [0.3, 0.4) is 0 Å². The minimum Gasteiger partial charge on any atom is -0.316 e. The molecule has 0 bridgehead atoms. The Morgan fingerprint density at radius 3 is 2.56 bits per heavy atom. The largest absolute Gasteiger partial charge is 0.316 e. The number of fused-ring (bicyclic) bond motifs is 4. The number of benzene rings is 3. The lowest BCUT2D eigenvalue weighted by Gasteiger charge is -2.06. The van der Waals surface area contributed by atoms with Gasteiger partial charge in [0.1, 0.15) is 0 Å². The van der Waals surface area contributed by atoms with Gasteiger partial charge in [0.2, 0.25) is 0 Å². The zero-order chi connectivity index (χ0) is 23.7. The van der Waals surface area contributed by atoms with Crippen LogP contribution in [0.4, 0.5) is 0 Å². The summed E-state index contributed by atoms with van der Waals surface area (Å²) in [6.07, 6.45) is 13.6. The van der Waals surface area contributed by atoms with Gasteiger partial charge >= 0.3 is 0 Å². The van der Waals surface area contributed by atoms with Crippen LogP contribution in [0.1, 0.15) is 31.2 Å². The summed E-state index contributed by atoms with van der Waals surface area (Å²) in [4.78, 5) is 1.45. The van der Waals surface area contributed by atoms with Crippen molar-refractivity contribution in [2.75, 3.05) is 0 Å². The number of aromatic nitrogens is 1. The normalized spacial score (nSPS) is 12.7. The van der Waals surface area contributed by atoms with Crippen LogP contribution < -0.4 is 0 Å². The van der Waals surface area contributed by atoms with Gasteiger partial charge in [-0.2, -0.15) is 0 Å². The Hall–Kier alpha value is -3.62. The van der Waals surface area contributed by atoms with Crippen LogP contribution in [-0.4, -0.2) is 4.57 Å². The number of rotatable bonds is 6. The van der Waals surface area contributed by atoms with Crippen molar-refractivity contribution in [3.63, 3.8) is 0 Å². The number of nitrogens with zero attached hydrogens (tertiary/aromatic N) is 1. The molecule has 0 amide bonds. The molecule has 5 aromatic rings. The Morgan fingerprint density at radius 1 is 0.971 bits per heavy atom. The molecule has 34 heavy (non-hydrogen) atoms. The van der Waals surface area contributed by atoms with Gasteiger partial charge in [-0.1, -0.05) is 86.3 Å². The molecule has 2 heteroatoms. The summed E-state index contributed by atoms with van der Waals surface area (Å²) in [6, 6.07) is 22.3. The molecule has 0 aliphatic rings. The van der Waals surface area contributed by atoms with E-state index in [2.05, 4.69) is 117 Å². The lowest BCUT2D eigenvalue weighted by Crippen LogP contribution is -1.87. The summed E-state index contributed by atoms with van der Waals surface area (Å²) < 4.78 is 3.68. The molecule has 0 N–H and O–H groups in total. The van der Waals surface area contributed by atoms with Gasteiger partial charge in [-0.05, 0) is 60.7 Å². The van der Waals surface area contributed by atoms with Gasteiger partial charge in [0.15, 0.2) is 0 Å². The van der Waals surface area contributed by atoms with Crippen LogP contribution in [0.2, 0.25) is 0 Å². The maximum Gasteiger partial charge on any atom is 0.0541 e. The lowest BCUT2D eigenvalue weighted by molar-refractivity contribution is 1.18. The molecule has 0 saturated carbocycles. The van der Waals surface area contributed by atoms with Crippen molar-refractivity contribution in [3.8, 4) is 11.1 Å². The van der Waals surface area contributed by atoms with Gasteiger partial charge in [-0.3, -0.25) is 0 Å². The Bertz CT molecular complexity index is 1620. The highest BCUT2D eigenvalue weighted by atomic mass is 32.1. The van der Waals surface area contributed by atoms with Gasteiger partial charge in [0.05, 0.1) is 11.0 Å². The van der Waals surface area contributed by atoms with Crippen LogP contribution >= 0.6 is 11.3 Å². The van der Waals surface area contributed by atoms with Crippen molar-refractivity contribution in [2.45, 2.75) is 27.2 Å². The van der Waals surface area contributed by atoms with Gasteiger partial charge in [0.25, 0.3) is 0 Å². The first kappa shape index (κ1) is 22.2. The van der Waals surface area contributed by atoms with E-state index in [0.29, 0.717) is 0 Å². The van der Waals surface area contributed by atoms with E-state index in [0.717, 1.165) is 6.42 Å². The molecule has 0 saturated heterocycles. The van der Waals surface area contributed by atoms with Gasteiger partial charge in [0, 0.05) is 31.9 Å². The SMILES string of the molecule is C=C/C=C(C)\C=C/n1c2ccccc2c2ccc(-c3cccc4c(/C=C\C)c(CC)sc34)cc21. The van der Waals surface area contributed by atoms with Gasteiger partial charge in [-0.15, -0.1) is 11.3 Å². The summed E-state index contributed by atoms with van der Waals surface area (Å²) in [5.41, 5.74) is 7.54. The van der Waals surface area contributed by atoms with Crippen molar-refractivity contribution in [1.29, 1.82) is 0 Å². The van der Waals surface area contributed by atoms with Crippen LogP contribution in [0.25, 0.3) is 55.3 Å². The zero-order valence-electron chi connectivity index (χ0n) is 20.0. The number of hydrogen-bond acceptors (Lipinski definition) is 1. The maximum absolute atomic E-state index is 3.82. The van der Waals surface area contributed by atoms with Crippen LogP contribution in [0.15, 0.2) is 97.1 Å². The summed E-state index contributed by atoms with van der Waals surface area (Å²) in [5, 5.41) is 3.90. The Kier molecular flexibility index (Phi) is 6.08. The fourth-order valence-corrected chi connectivity index (χ4v) is 6.05. The average molecular weight is 460 g/mol. The van der Waals surface area contributed by atoms with E-state index < -0.39 is 0 Å². The quantitative estimate of drug-likeness (QED) is 0.223. The topological polar surface area (TPSA) is 4.93 Å². The maximum atomic E-state index is 3.82. The third-order valence-corrected chi connectivity index (χ3v) is 7.77. The Balaban J connectivity index is 1.76. The molecular formula is C32H29NS. The molecule has 0 atom stereocenters. The second kappa shape index (κ2) is 9.32. The van der Waals surface area contributed by atoms with Gasteiger partial charge in [-0.25, -0.2) is 0 Å². The average Bonchev–Trinajstić information content (AvgIpc) is 3.38. The van der Waals surface area contributed by atoms with Crippen molar-refractivity contribution >= 4 is 55.5 Å². The van der Waals surface area contributed by atoms with E-state index in [-0.39, 0.29) is 0 Å². The van der Waals surface area contributed by atoms with E-state index >= 15 is 0 Å². The van der Waals surface area contributed by atoms with Crippen LogP contribution in [0, 0.1) is 0 Å². The Labute approximate surface area is 205 Å². The molecule has 0 fully saturated rings. The summed E-state index contributed by atoms with van der Waals surface area (Å²) >= 11 is 1.93. The monoisotopic (exact) mass is 459 g/mol. The van der Waals surface area contributed by atoms with Crippen molar-refractivity contribution in [2.24, 2.45) is 0 Å². The van der Waals surface area contributed by atoms with Crippen molar-refractivity contribution < 1.29 is 0 Å². The predicted molar refractivity (Wildman–Crippen MR) is 154 cm³/mol. The number of thiophene rings is 1. The molecule has 0 radical (unpaired) electrons. The van der Waals surface area contributed by atoms with Crippen LogP contribution in [0.5, 0.6) is 0 Å². The van der Waals surface area contributed by atoms with E-state index in [1.165, 1.54) is 59.0 Å². The molecule has 1 nitrogen and oxygen atoms in total. The van der Waals surface area contributed by atoms with Gasteiger partial charge < -0.3 is 4.57 Å². The first-order chi connectivity index (χ1) is 16.7. The number of hydrogen-bond donors (Lipinski definition) is 0. The minimum atomic E-state index is 1.05. The highest BCUT2D eigenvalue weighted by molar-refractivity contribution is 7.20. The standard InChI is InChI=1S/C32H29NS/c1-5-11-22(4)19-20-33-29-16-9-8-13-25(29)26-18-17-23(21-30(26)33)24-14-10-15-28-27(12-6-2)31(7-3)34-32(24)28/h5-6,8-21H,1,7H2,2-4H3/b12-6-,20-19-,22-11-. The van der Waals surface area contributed by atoms with E-state index in [4.69, 9.17) is 0 Å². The minimum absolute atomic E-state index is 1.05. The fourth-order valence-electron chi connectivity index (χ4n) is 4.79. The first-order valence-corrected chi connectivity index (χ1v) is 12.7. The summed E-state index contributed by atoms with van der Waals surface area (Å²) in [5.74, 6) is 0. The molecule has 0 unspecified atom stereocenters. The molecule has 3 aromatic carbocycles. The predicted octanol–water partition coefficient (Wildman–Crippen LogP) is 9.87. The molecule has 2 aromatic heterocycles. The van der Waals surface area contributed by atoms with E-state index in [1.54, 1.807) is 0 Å². The van der Waals surface area contributed by atoms with E-state index in [9.17, 15) is 0 Å². The van der Waals surface area contributed by atoms with E-state index in [1.807, 2.05) is 23.5 Å². The Morgan fingerprint density at radius 2 is 1.76 bits per heavy atom. The molecule has 168 valence electrons. The summed E-state index contributed by atoms with van der Waals surface area (Å²) in [6.45, 7) is 10.3. The molecule has 0 aliphatic carbocycles. The summed E-state index contributed by atoms with van der Waals surface area (Å²) in [7, 11) is 0. The number of allylic oxidation sites excluding steroid dienone is 5. The van der Waals surface area contributed by atoms with Crippen molar-refractivity contribution in [3.05, 3.63) is 108 Å².